The summed E-state index contributed by atoms with van der Waals surface area (Å²) in [7, 11) is 2.13. The summed E-state index contributed by atoms with van der Waals surface area (Å²) >= 11 is 1.52. The van der Waals surface area contributed by atoms with Crippen LogP contribution in [0.1, 0.15) is 36.3 Å². The van der Waals surface area contributed by atoms with Gasteiger partial charge in [-0.05, 0) is 75.1 Å². The molecule has 0 aromatic carbocycles. The predicted molar refractivity (Wildman–Crippen MR) is 157 cm³/mol. The number of pyridine rings is 1. The van der Waals surface area contributed by atoms with E-state index in [1.807, 2.05) is 12.1 Å². The Morgan fingerprint density at radius 1 is 1.10 bits per heavy atom. The van der Waals surface area contributed by atoms with Crippen LogP contribution in [0.5, 0.6) is 0 Å². The molecule has 2 atom stereocenters. The highest BCUT2D eigenvalue weighted by atomic mass is 32.1. The summed E-state index contributed by atoms with van der Waals surface area (Å²) in [6.45, 7) is 4.81. The second-order valence-electron chi connectivity index (χ2n) is 12.2. The Morgan fingerprint density at radius 2 is 1.86 bits per heavy atom. The number of nitrogens with one attached hydrogen (secondary N) is 1. The molecule has 1 aliphatic heterocycles. The molecule has 2 bridgehead atoms. The fraction of sp³-hybridized carbons (Fsp3) is 0.484. The first-order chi connectivity index (χ1) is 20.3. The van der Waals surface area contributed by atoms with Gasteiger partial charge in [0.1, 0.15) is 17.2 Å². The van der Waals surface area contributed by atoms with Crippen LogP contribution in [-0.2, 0) is 17.8 Å². The number of nitrogens with zero attached hydrogens (tertiary/aromatic N) is 5. The monoisotopic (exact) mass is 592 g/mol. The Bertz CT molecular complexity index is 1620. The number of carboxylic acid groups (broad SMARTS) is 1. The first-order valence-electron chi connectivity index (χ1n) is 14.8. The first-order valence-corrected chi connectivity index (χ1v) is 15.6. The van der Waals surface area contributed by atoms with E-state index in [2.05, 4.69) is 26.8 Å². The van der Waals surface area contributed by atoms with Crippen LogP contribution in [0.15, 0.2) is 30.6 Å². The lowest BCUT2D eigenvalue weighted by Crippen LogP contribution is -2.45. The number of aromatic nitrogens is 4. The molecule has 4 aromatic rings. The SMILES string of the molecule is CN1CCN(Cc2ccc(-c3nc(-c4c[nH]c5ncc(F)cc45)nc(CC4C5CCC(CC5)C4C(=O)O)c3F)s2)CC1. The second-order valence-corrected chi connectivity index (χ2v) is 13.3. The second kappa shape index (κ2) is 11.1. The zero-order valence-corrected chi connectivity index (χ0v) is 24.3. The van der Waals surface area contributed by atoms with Crippen molar-refractivity contribution < 1.29 is 18.7 Å². The van der Waals surface area contributed by atoms with E-state index in [9.17, 15) is 14.3 Å². The standard InChI is InChI=1S/C31H34F2N6O2S/c1-38-8-10-39(11-9-38)16-20-6-7-25(42-20)28-27(33)24(13-21-17-2-4-18(5-3-17)26(21)31(40)41)36-30(37-28)23-15-35-29-22(23)12-19(32)14-34-29/h6-7,12,14-15,17-18,21,26H,2-5,8-11,13,16H2,1H3,(H,34,35)(H,40,41). The molecule has 1 saturated heterocycles. The molecule has 8 rings (SSSR count). The molecule has 4 aromatic heterocycles. The summed E-state index contributed by atoms with van der Waals surface area (Å²) in [5.74, 6) is -1.82. The molecule has 2 unspecified atom stereocenters. The van der Waals surface area contributed by atoms with Gasteiger partial charge in [-0.3, -0.25) is 9.69 Å². The molecule has 3 saturated carbocycles. The highest BCUT2D eigenvalue weighted by Gasteiger charge is 2.47. The number of halogens is 2. The van der Waals surface area contributed by atoms with Gasteiger partial charge in [-0.1, -0.05) is 0 Å². The molecule has 4 fully saturated rings. The summed E-state index contributed by atoms with van der Waals surface area (Å²) in [5.41, 5.74) is 1.46. The predicted octanol–water partition coefficient (Wildman–Crippen LogP) is 5.45. The van der Waals surface area contributed by atoms with Crippen LogP contribution in [0.3, 0.4) is 0 Å². The van der Waals surface area contributed by atoms with E-state index in [1.165, 1.54) is 17.4 Å². The maximum absolute atomic E-state index is 16.4. The number of hydrogen-bond acceptors (Lipinski definition) is 7. The third kappa shape index (κ3) is 5.11. The summed E-state index contributed by atoms with van der Waals surface area (Å²) in [6.07, 6.45) is 6.83. The van der Waals surface area contributed by atoms with Crippen molar-refractivity contribution in [2.24, 2.45) is 23.7 Å². The van der Waals surface area contributed by atoms with Crippen LogP contribution in [0, 0.1) is 35.3 Å². The van der Waals surface area contributed by atoms with Crippen molar-refractivity contribution in [2.45, 2.75) is 38.6 Å². The summed E-state index contributed by atoms with van der Waals surface area (Å²) in [5, 5.41) is 10.6. The van der Waals surface area contributed by atoms with Gasteiger partial charge in [-0.2, -0.15) is 0 Å². The molecule has 220 valence electrons. The number of hydrogen-bond donors (Lipinski definition) is 2. The van der Waals surface area contributed by atoms with Gasteiger partial charge in [-0.15, -0.1) is 11.3 Å². The molecular weight excluding hydrogens is 558 g/mol. The average Bonchev–Trinajstić information content (AvgIpc) is 3.63. The van der Waals surface area contributed by atoms with Crippen LogP contribution < -0.4 is 0 Å². The van der Waals surface area contributed by atoms with Crippen molar-refractivity contribution in [3.63, 3.8) is 0 Å². The number of likely N-dealkylation sites (N-methyl/N-ethyl adjacent to an activating group) is 1. The summed E-state index contributed by atoms with van der Waals surface area (Å²) < 4.78 is 30.6. The number of carbonyl (C=O) groups is 1. The van der Waals surface area contributed by atoms with Gasteiger partial charge in [0.15, 0.2) is 11.6 Å². The van der Waals surface area contributed by atoms with Crippen molar-refractivity contribution in [1.29, 1.82) is 0 Å². The minimum atomic E-state index is -0.797. The molecule has 2 N–H and O–H groups in total. The molecule has 0 amide bonds. The van der Waals surface area contributed by atoms with Crippen LogP contribution in [0.25, 0.3) is 33.0 Å². The lowest BCUT2D eigenvalue weighted by Gasteiger charge is -2.46. The van der Waals surface area contributed by atoms with Crippen molar-refractivity contribution in [3.05, 3.63) is 52.8 Å². The maximum Gasteiger partial charge on any atom is 0.307 e. The Morgan fingerprint density at radius 3 is 2.62 bits per heavy atom. The largest absolute Gasteiger partial charge is 0.481 e. The Hall–Kier alpha value is -3.28. The number of fused-ring (bicyclic) bond motifs is 4. The highest BCUT2D eigenvalue weighted by molar-refractivity contribution is 7.15. The molecule has 5 heterocycles. The number of piperazine rings is 1. The average molecular weight is 593 g/mol. The van der Waals surface area contributed by atoms with Crippen LogP contribution in [0.4, 0.5) is 8.78 Å². The van der Waals surface area contributed by atoms with E-state index >= 15 is 4.39 Å². The number of H-pyrrole nitrogens is 1. The van der Waals surface area contributed by atoms with Crippen molar-refractivity contribution in [3.8, 4) is 22.0 Å². The van der Waals surface area contributed by atoms with E-state index in [0.717, 1.165) is 69.5 Å². The van der Waals surface area contributed by atoms with Crippen LogP contribution >= 0.6 is 11.3 Å². The summed E-state index contributed by atoms with van der Waals surface area (Å²) in [4.78, 5) is 35.5. The summed E-state index contributed by atoms with van der Waals surface area (Å²) in [6, 6.07) is 5.32. The lowest BCUT2D eigenvalue weighted by atomic mass is 9.57. The molecular formula is C31H34F2N6O2S. The fourth-order valence-corrected chi connectivity index (χ4v) is 8.40. The molecule has 8 nitrogen and oxygen atoms in total. The minimum absolute atomic E-state index is 0.124. The fourth-order valence-electron chi connectivity index (χ4n) is 7.37. The molecule has 4 aliphatic rings. The minimum Gasteiger partial charge on any atom is -0.481 e. The molecule has 42 heavy (non-hydrogen) atoms. The molecule has 0 radical (unpaired) electrons. The zero-order chi connectivity index (χ0) is 29.0. The van der Waals surface area contributed by atoms with Crippen LogP contribution in [0.2, 0.25) is 0 Å². The first kappa shape index (κ1) is 27.5. The quantitative estimate of drug-likeness (QED) is 0.294. The smallest absolute Gasteiger partial charge is 0.307 e. The lowest BCUT2D eigenvalue weighted by molar-refractivity contribution is -0.152. The van der Waals surface area contributed by atoms with E-state index in [1.54, 1.807) is 6.20 Å². The number of rotatable bonds is 7. The number of carboxylic acids is 1. The number of thiophene rings is 1. The van der Waals surface area contributed by atoms with E-state index in [-0.39, 0.29) is 41.4 Å². The van der Waals surface area contributed by atoms with Gasteiger partial charge in [0, 0.05) is 54.7 Å². The van der Waals surface area contributed by atoms with E-state index in [0.29, 0.717) is 21.5 Å². The maximum atomic E-state index is 16.4. The van der Waals surface area contributed by atoms with Crippen molar-refractivity contribution in [2.75, 3.05) is 33.2 Å². The van der Waals surface area contributed by atoms with Gasteiger partial charge in [0.25, 0.3) is 0 Å². The topological polar surface area (TPSA) is 98.2 Å². The van der Waals surface area contributed by atoms with Gasteiger partial charge in [-0.25, -0.2) is 23.7 Å². The molecule has 3 aliphatic carbocycles. The van der Waals surface area contributed by atoms with E-state index in [4.69, 9.17) is 9.97 Å². The van der Waals surface area contributed by atoms with Gasteiger partial charge < -0.3 is 15.0 Å². The Kier molecular flexibility index (Phi) is 7.27. The third-order valence-corrected chi connectivity index (χ3v) is 10.7. The van der Waals surface area contributed by atoms with E-state index < -0.39 is 23.5 Å². The highest BCUT2D eigenvalue weighted by Crippen LogP contribution is 2.50. The molecule has 0 spiro atoms. The van der Waals surface area contributed by atoms with Crippen LogP contribution in [-0.4, -0.2) is 74.0 Å². The number of aliphatic carboxylic acids is 1. The van der Waals surface area contributed by atoms with Gasteiger partial charge in [0.05, 0.1) is 22.7 Å². The van der Waals surface area contributed by atoms with Gasteiger partial charge >= 0.3 is 5.97 Å². The zero-order valence-electron chi connectivity index (χ0n) is 23.5. The normalized spacial score (nSPS) is 24.9. The van der Waals surface area contributed by atoms with Crippen molar-refractivity contribution in [1.82, 2.24) is 29.7 Å². The third-order valence-electron chi connectivity index (χ3n) is 9.63. The molecule has 11 heteroatoms. The van der Waals surface area contributed by atoms with Gasteiger partial charge in [0.2, 0.25) is 0 Å². The Balaban J connectivity index is 1.28. The van der Waals surface area contributed by atoms with Crippen molar-refractivity contribution >= 4 is 28.3 Å². The Labute approximate surface area is 246 Å². The number of aromatic amines is 1.